The summed E-state index contributed by atoms with van der Waals surface area (Å²) in [4.78, 5) is 0. The maximum absolute atomic E-state index is 9.74. The van der Waals surface area contributed by atoms with Crippen LogP contribution in [-0.4, -0.2) is 0 Å². The second-order valence-electron chi connectivity index (χ2n) is 5.53. The lowest BCUT2D eigenvalue weighted by Crippen LogP contribution is -2.17. The summed E-state index contributed by atoms with van der Waals surface area (Å²) in [5, 5.41) is 12.2. The molecule has 20 heavy (non-hydrogen) atoms. The lowest BCUT2D eigenvalue weighted by molar-refractivity contribution is 0.765. The Bertz CT molecular complexity index is 886. The third-order valence-electron chi connectivity index (χ3n) is 4.40. The number of benzene rings is 3. The van der Waals surface area contributed by atoms with Gasteiger partial charge in [-0.2, -0.15) is 5.26 Å². The first-order valence-corrected chi connectivity index (χ1v) is 6.78. The predicted molar refractivity (Wildman–Crippen MR) is 81.5 cm³/mol. The fraction of sp³-hybridized carbons (Fsp3) is 0.105. The second-order valence-corrected chi connectivity index (χ2v) is 5.53. The summed E-state index contributed by atoms with van der Waals surface area (Å²) in [7, 11) is 0. The van der Waals surface area contributed by atoms with E-state index in [1.165, 1.54) is 21.9 Å². The molecule has 0 bridgehead atoms. The Hall–Kier alpha value is -2.59. The SMILES string of the molecule is CC1(C#N)c2ccccc2-c2cc3ccccc3cc21. The quantitative estimate of drug-likeness (QED) is 0.573. The smallest absolute Gasteiger partial charge is 0.106 e. The molecule has 1 aliphatic rings. The van der Waals surface area contributed by atoms with Crippen molar-refractivity contribution < 1.29 is 0 Å². The van der Waals surface area contributed by atoms with Crippen molar-refractivity contribution in [1.29, 1.82) is 5.26 Å². The van der Waals surface area contributed by atoms with Gasteiger partial charge in [0.15, 0.2) is 0 Å². The Morgan fingerprint density at radius 3 is 2.20 bits per heavy atom. The van der Waals surface area contributed by atoms with E-state index in [0.29, 0.717) is 0 Å². The Balaban J connectivity index is 2.17. The normalized spacial score (nSPS) is 19.4. The van der Waals surface area contributed by atoms with Crippen molar-refractivity contribution in [3.8, 4) is 17.2 Å². The lowest BCUT2D eigenvalue weighted by atomic mass is 9.81. The van der Waals surface area contributed by atoms with Crippen molar-refractivity contribution in [1.82, 2.24) is 0 Å². The minimum atomic E-state index is -0.546. The molecule has 1 atom stereocenters. The molecule has 1 nitrogen and oxygen atoms in total. The minimum absolute atomic E-state index is 0.546. The average Bonchev–Trinajstić information content (AvgIpc) is 2.76. The highest BCUT2D eigenvalue weighted by Crippen LogP contribution is 2.49. The highest BCUT2D eigenvalue weighted by molar-refractivity contribution is 5.94. The summed E-state index contributed by atoms with van der Waals surface area (Å²) in [5.41, 5.74) is 4.09. The van der Waals surface area contributed by atoms with Crippen LogP contribution in [0.5, 0.6) is 0 Å². The highest BCUT2D eigenvalue weighted by Gasteiger charge is 2.39. The molecule has 0 aliphatic heterocycles. The van der Waals surface area contributed by atoms with E-state index in [2.05, 4.69) is 48.5 Å². The number of hydrogen-bond donors (Lipinski definition) is 0. The molecule has 0 saturated heterocycles. The Labute approximate surface area is 118 Å². The molecule has 0 amide bonds. The highest BCUT2D eigenvalue weighted by atomic mass is 14.4. The Kier molecular flexibility index (Phi) is 2.09. The van der Waals surface area contributed by atoms with Crippen molar-refractivity contribution in [2.24, 2.45) is 0 Å². The molecule has 0 aromatic heterocycles. The minimum Gasteiger partial charge on any atom is -0.197 e. The van der Waals surface area contributed by atoms with Gasteiger partial charge in [-0.05, 0) is 52.1 Å². The van der Waals surface area contributed by atoms with E-state index in [9.17, 15) is 5.26 Å². The van der Waals surface area contributed by atoms with Crippen molar-refractivity contribution >= 4 is 10.8 Å². The van der Waals surface area contributed by atoms with Crippen LogP contribution in [-0.2, 0) is 5.41 Å². The molecule has 1 heteroatoms. The maximum Gasteiger partial charge on any atom is 0.106 e. The lowest BCUT2D eigenvalue weighted by Gasteiger charge is -2.18. The van der Waals surface area contributed by atoms with E-state index in [1.807, 2.05) is 25.1 Å². The van der Waals surface area contributed by atoms with Crippen molar-refractivity contribution in [2.75, 3.05) is 0 Å². The van der Waals surface area contributed by atoms with Gasteiger partial charge in [-0.1, -0.05) is 48.5 Å². The summed E-state index contributed by atoms with van der Waals surface area (Å²) in [5.74, 6) is 0. The van der Waals surface area contributed by atoms with Gasteiger partial charge in [0.25, 0.3) is 0 Å². The van der Waals surface area contributed by atoms with Gasteiger partial charge in [-0.25, -0.2) is 0 Å². The van der Waals surface area contributed by atoms with Gasteiger partial charge in [0.05, 0.1) is 6.07 Å². The van der Waals surface area contributed by atoms with Crippen molar-refractivity contribution in [2.45, 2.75) is 12.3 Å². The largest absolute Gasteiger partial charge is 0.197 e. The molecule has 1 unspecified atom stereocenters. The van der Waals surface area contributed by atoms with Gasteiger partial charge < -0.3 is 0 Å². The van der Waals surface area contributed by atoms with E-state index in [1.54, 1.807) is 0 Å². The van der Waals surface area contributed by atoms with Gasteiger partial charge >= 0.3 is 0 Å². The van der Waals surface area contributed by atoms with Crippen LogP contribution in [0.3, 0.4) is 0 Å². The average molecular weight is 255 g/mol. The molecule has 0 radical (unpaired) electrons. The van der Waals surface area contributed by atoms with Crippen molar-refractivity contribution in [3.05, 3.63) is 71.8 Å². The molecule has 0 heterocycles. The number of nitriles is 1. The maximum atomic E-state index is 9.74. The summed E-state index contributed by atoms with van der Waals surface area (Å²) < 4.78 is 0. The van der Waals surface area contributed by atoms with Crippen LogP contribution in [0.2, 0.25) is 0 Å². The predicted octanol–water partition coefficient (Wildman–Crippen LogP) is 4.65. The van der Waals surface area contributed by atoms with Gasteiger partial charge in [-0.15, -0.1) is 0 Å². The van der Waals surface area contributed by atoms with Crippen LogP contribution in [0.1, 0.15) is 18.1 Å². The first-order valence-electron chi connectivity index (χ1n) is 6.78. The fourth-order valence-corrected chi connectivity index (χ4v) is 3.30. The molecule has 0 saturated carbocycles. The van der Waals surface area contributed by atoms with E-state index < -0.39 is 5.41 Å². The topological polar surface area (TPSA) is 23.8 Å². The van der Waals surface area contributed by atoms with Gasteiger partial charge in [0.1, 0.15) is 5.41 Å². The summed E-state index contributed by atoms with van der Waals surface area (Å²) in [6, 6.07) is 23.5. The Morgan fingerprint density at radius 2 is 1.45 bits per heavy atom. The molecule has 0 N–H and O–H groups in total. The summed E-state index contributed by atoms with van der Waals surface area (Å²) in [6.45, 7) is 2.02. The molecule has 0 spiro atoms. The first-order chi connectivity index (χ1) is 9.74. The fourth-order valence-electron chi connectivity index (χ4n) is 3.30. The molecule has 1 aliphatic carbocycles. The summed E-state index contributed by atoms with van der Waals surface area (Å²) in [6.07, 6.45) is 0. The number of hydrogen-bond acceptors (Lipinski definition) is 1. The van der Waals surface area contributed by atoms with E-state index in [0.717, 1.165) is 11.1 Å². The summed E-state index contributed by atoms with van der Waals surface area (Å²) >= 11 is 0. The molecular formula is C19H13N. The van der Waals surface area contributed by atoms with Gasteiger partial charge in [0.2, 0.25) is 0 Å². The molecule has 3 aromatic carbocycles. The monoisotopic (exact) mass is 255 g/mol. The molecule has 4 rings (SSSR count). The van der Waals surface area contributed by atoms with Crippen LogP contribution in [0.25, 0.3) is 21.9 Å². The first kappa shape index (κ1) is 11.3. The van der Waals surface area contributed by atoms with Crippen LogP contribution >= 0.6 is 0 Å². The second kappa shape index (κ2) is 3.71. The molecule has 0 fully saturated rings. The van der Waals surface area contributed by atoms with Crippen LogP contribution in [0.15, 0.2) is 60.7 Å². The number of rotatable bonds is 0. The number of nitrogens with zero attached hydrogens (tertiary/aromatic N) is 1. The number of fused-ring (bicyclic) bond motifs is 4. The van der Waals surface area contributed by atoms with E-state index in [4.69, 9.17) is 0 Å². The van der Waals surface area contributed by atoms with Crippen LogP contribution in [0.4, 0.5) is 0 Å². The van der Waals surface area contributed by atoms with Gasteiger partial charge in [-0.3, -0.25) is 0 Å². The zero-order chi connectivity index (χ0) is 13.7. The zero-order valence-corrected chi connectivity index (χ0v) is 11.2. The molecule has 3 aromatic rings. The zero-order valence-electron chi connectivity index (χ0n) is 11.2. The van der Waals surface area contributed by atoms with Crippen LogP contribution < -0.4 is 0 Å². The molecular weight excluding hydrogens is 242 g/mol. The van der Waals surface area contributed by atoms with Gasteiger partial charge in [0, 0.05) is 0 Å². The van der Waals surface area contributed by atoms with Crippen LogP contribution in [0, 0.1) is 11.3 Å². The Morgan fingerprint density at radius 1 is 0.800 bits per heavy atom. The van der Waals surface area contributed by atoms with Crippen molar-refractivity contribution in [3.63, 3.8) is 0 Å². The molecule has 94 valence electrons. The van der Waals surface area contributed by atoms with E-state index >= 15 is 0 Å². The third kappa shape index (κ3) is 1.26. The standard InChI is InChI=1S/C19H13N/c1-19(12-20)17-9-5-4-8-15(17)16-10-13-6-2-3-7-14(13)11-18(16)19/h2-11H,1H3. The third-order valence-corrected chi connectivity index (χ3v) is 4.40. The van der Waals surface area contributed by atoms with E-state index in [-0.39, 0.29) is 0 Å².